The van der Waals surface area contributed by atoms with Crippen molar-refractivity contribution in [1.82, 2.24) is 14.5 Å². The third-order valence-corrected chi connectivity index (χ3v) is 5.10. The monoisotopic (exact) mass is 423 g/mol. The maximum atomic E-state index is 12.7. The smallest absolute Gasteiger partial charge is 0.329 e. The van der Waals surface area contributed by atoms with Crippen LogP contribution in [0.2, 0.25) is 0 Å². The summed E-state index contributed by atoms with van der Waals surface area (Å²) in [6.45, 7) is 1.44. The van der Waals surface area contributed by atoms with Gasteiger partial charge >= 0.3 is 5.69 Å². The van der Waals surface area contributed by atoms with Crippen molar-refractivity contribution in [2.75, 3.05) is 6.26 Å². The van der Waals surface area contributed by atoms with Crippen molar-refractivity contribution in [2.45, 2.75) is 32.1 Å². The van der Waals surface area contributed by atoms with Crippen molar-refractivity contribution in [3.05, 3.63) is 40.5 Å². The van der Waals surface area contributed by atoms with Gasteiger partial charge in [0.25, 0.3) is 10.1 Å². The molecule has 0 saturated carbocycles. The van der Waals surface area contributed by atoms with Gasteiger partial charge in [-0.2, -0.15) is 8.42 Å². The summed E-state index contributed by atoms with van der Waals surface area (Å²) >= 11 is 0. The summed E-state index contributed by atoms with van der Waals surface area (Å²) < 4.78 is 34.8. The minimum atomic E-state index is -3.63. The van der Waals surface area contributed by atoms with E-state index in [2.05, 4.69) is 9.50 Å². The highest BCUT2D eigenvalue weighted by Crippen LogP contribution is 2.24. The Morgan fingerprint density at radius 2 is 1.97 bits per heavy atom. The molecule has 3 rings (SSSR count). The van der Waals surface area contributed by atoms with Crippen molar-refractivity contribution in [1.29, 1.82) is 0 Å². The number of piperidine rings is 1. The van der Waals surface area contributed by atoms with Gasteiger partial charge in [-0.1, -0.05) is 6.07 Å². The van der Waals surface area contributed by atoms with E-state index in [0.29, 0.717) is 16.6 Å². The van der Waals surface area contributed by atoms with E-state index in [0.717, 1.165) is 6.26 Å². The quantitative estimate of drug-likeness (QED) is 0.312. The maximum Gasteiger partial charge on any atom is 0.329 e. The van der Waals surface area contributed by atoms with Gasteiger partial charge in [0.2, 0.25) is 18.1 Å². The van der Waals surface area contributed by atoms with Gasteiger partial charge in [-0.25, -0.2) is 8.98 Å². The van der Waals surface area contributed by atoms with Crippen molar-refractivity contribution in [2.24, 2.45) is 7.05 Å². The third kappa shape index (κ3) is 4.57. The topological polar surface area (TPSA) is 126 Å². The van der Waals surface area contributed by atoms with E-state index in [-0.39, 0.29) is 24.4 Å². The largest absolute Gasteiger partial charge is 0.472 e. The number of carbonyl (C=O) groups excluding carboxylic acids is 2. The van der Waals surface area contributed by atoms with Crippen LogP contribution in [0.4, 0.5) is 0 Å². The molecule has 10 nitrogen and oxygen atoms in total. The molecule has 1 aliphatic heterocycles. The number of hydrogen-bond acceptors (Lipinski definition) is 7. The van der Waals surface area contributed by atoms with E-state index in [1.54, 1.807) is 31.3 Å². The molecule has 0 radical (unpaired) electrons. The summed E-state index contributed by atoms with van der Waals surface area (Å²) in [6.07, 6.45) is 3.27. The van der Waals surface area contributed by atoms with Crippen molar-refractivity contribution >= 4 is 39.0 Å². The number of ether oxygens (including phenoxy) is 1. The Morgan fingerprint density at radius 1 is 1.24 bits per heavy atom. The molecule has 2 amide bonds. The molecule has 2 aromatic rings. The number of amides is 2. The number of aryl methyl sites for hydroxylation is 1. The zero-order valence-corrected chi connectivity index (χ0v) is 16.9. The summed E-state index contributed by atoms with van der Waals surface area (Å²) in [6, 6.07) is 4.42. The van der Waals surface area contributed by atoms with Gasteiger partial charge in [-0.05, 0) is 37.1 Å². The number of imidazole rings is 1. The van der Waals surface area contributed by atoms with Crippen LogP contribution >= 0.6 is 0 Å². The van der Waals surface area contributed by atoms with Crippen LogP contribution in [-0.4, -0.2) is 41.9 Å². The minimum Gasteiger partial charge on any atom is -0.472 e. The maximum absolute atomic E-state index is 12.7. The first kappa shape index (κ1) is 20.8. The molecule has 1 aliphatic rings. The van der Waals surface area contributed by atoms with Crippen LogP contribution in [-0.2, 0) is 35.7 Å². The van der Waals surface area contributed by atoms with Gasteiger partial charge in [0.1, 0.15) is 6.04 Å². The summed E-state index contributed by atoms with van der Waals surface area (Å²) in [5, 5.41) is 2.27. The van der Waals surface area contributed by atoms with Crippen LogP contribution < -0.4 is 11.0 Å². The molecule has 0 aliphatic carbocycles. The number of nitrogens with one attached hydrogen (secondary N) is 1. The summed E-state index contributed by atoms with van der Waals surface area (Å²) in [5.41, 5.74) is 1.50. The first-order chi connectivity index (χ1) is 13.6. The van der Waals surface area contributed by atoms with Crippen LogP contribution in [0.3, 0.4) is 0 Å². The molecule has 0 bridgehead atoms. The third-order valence-electron chi connectivity index (χ3n) is 4.48. The highest BCUT2D eigenvalue weighted by atomic mass is 32.2. The Balaban J connectivity index is 1.87. The average Bonchev–Trinajstić information content (AvgIpc) is 2.85. The van der Waals surface area contributed by atoms with E-state index in [1.807, 2.05) is 0 Å². The molecule has 1 aromatic carbocycles. The molecule has 11 heteroatoms. The molecule has 156 valence electrons. The second-order valence-corrected chi connectivity index (χ2v) is 8.33. The molecule has 0 spiro atoms. The Bertz CT molecular complexity index is 1160. The lowest BCUT2D eigenvalue weighted by Crippen LogP contribution is -2.44. The standard InChI is InChI=1S/C18H21N3O7S/c1-11(28-29(3,25)26)27-9-8-12-4-5-13-15(10-12)20(2)18(24)21(13)14-6-7-16(22)19-17(14)23/h4-5,8-11,14H,6-7H2,1-3H3,(H,19,22,23)/b9-8+. The van der Waals surface area contributed by atoms with Gasteiger partial charge in [0, 0.05) is 13.5 Å². The van der Waals surface area contributed by atoms with Crippen LogP contribution in [0.5, 0.6) is 0 Å². The number of fused-ring (bicyclic) bond motifs is 1. The molecule has 1 saturated heterocycles. The number of imide groups is 1. The van der Waals surface area contributed by atoms with Crippen LogP contribution in [0.25, 0.3) is 17.1 Å². The van der Waals surface area contributed by atoms with Gasteiger partial charge in [-0.15, -0.1) is 0 Å². The normalized spacial score (nSPS) is 18.9. The molecule has 29 heavy (non-hydrogen) atoms. The van der Waals surface area contributed by atoms with Gasteiger partial charge < -0.3 is 4.74 Å². The fourth-order valence-electron chi connectivity index (χ4n) is 3.21. The Morgan fingerprint density at radius 3 is 2.62 bits per heavy atom. The van der Waals surface area contributed by atoms with Crippen molar-refractivity contribution < 1.29 is 26.9 Å². The number of hydrogen-bond donors (Lipinski definition) is 1. The lowest BCUT2D eigenvalue weighted by atomic mass is 10.1. The first-order valence-corrected chi connectivity index (χ1v) is 10.6. The number of rotatable bonds is 6. The lowest BCUT2D eigenvalue weighted by Gasteiger charge is -2.21. The average molecular weight is 423 g/mol. The second kappa shape index (κ2) is 7.84. The van der Waals surface area contributed by atoms with Gasteiger partial charge in [0.05, 0.1) is 23.6 Å². The second-order valence-electron chi connectivity index (χ2n) is 6.73. The summed E-state index contributed by atoms with van der Waals surface area (Å²) in [5.74, 6) is -0.839. The van der Waals surface area contributed by atoms with E-state index in [4.69, 9.17) is 4.74 Å². The first-order valence-electron chi connectivity index (χ1n) is 8.82. The Hall–Kier alpha value is -2.92. The highest BCUT2D eigenvalue weighted by Gasteiger charge is 2.31. The fraction of sp³-hybridized carbons (Fsp3) is 0.389. The summed E-state index contributed by atoms with van der Waals surface area (Å²) in [4.78, 5) is 36.3. The SMILES string of the molecule is CC(O/C=C/c1ccc2c(c1)n(C)c(=O)n2C1CCC(=O)NC1=O)OS(C)(=O)=O. The predicted molar refractivity (Wildman–Crippen MR) is 104 cm³/mol. The van der Waals surface area contributed by atoms with Crippen molar-refractivity contribution in [3.63, 3.8) is 0 Å². The van der Waals surface area contributed by atoms with Crippen LogP contribution in [0.1, 0.15) is 31.4 Å². The molecule has 2 atom stereocenters. The van der Waals surface area contributed by atoms with E-state index in [9.17, 15) is 22.8 Å². The number of aromatic nitrogens is 2. The number of nitrogens with zero attached hydrogens (tertiary/aromatic N) is 2. The number of carbonyl (C=O) groups is 2. The molecular weight excluding hydrogens is 402 g/mol. The molecule has 1 fully saturated rings. The van der Waals surface area contributed by atoms with E-state index < -0.39 is 28.4 Å². The molecule has 1 N–H and O–H groups in total. The Kier molecular flexibility index (Phi) is 5.62. The van der Waals surface area contributed by atoms with Crippen molar-refractivity contribution in [3.8, 4) is 0 Å². The van der Waals surface area contributed by atoms with Gasteiger partial charge in [-0.3, -0.25) is 24.0 Å². The molecule has 2 unspecified atom stereocenters. The Labute approximate surface area is 166 Å². The predicted octanol–water partition coefficient (Wildman–Crippen LogP) is 0.627. The van der Waals surface area contributed by atoms with E-state index in [1.165, 1.54) is 22.3 Å². The molecule has 1 aromatic heterocycles. The zero-order chi connectivity index (χ0) is 21.3. The fourth-order valence-corrected chi connectivity index (χ4v) is 3.75. The zero-order valence-electron chi connectivity index (χ0n) is 16.1. The summed E-state index contributed by atoms with van der Waals surface area (Å²) in [7, 11) is -2.03. The highest BCUT2D eigenvalue weighted by molar-refractivity contribution is 7.86. The molecule has 2 heterocycles. The van der Waals surface area contributed by atoms with Crippen LogP contribution in [0, 0.1) is 0 Å². The molecular formula is C18H21N3O7S. The number of benzene rings is 1. The van der Waals surface area contributed by atoms with E-state index >= 15 is 0 Å². The van der Waals surface area contributed by atoms with Crippen LogP contribution in [0.15, 0.2) is 29.3 Å². The minimum absolute atomic E-state index is 0.172. The lowest BCUT2D eigenvalue weighted by molar-refractivity contribution is -0.135. The van der Waals surface area contributed by atoms with Gasteiger partial charge in [0.15, 0.2) is 0 Å².